The van der Waals surface area contributed by atoms with Crippen LogP contribution in [0.2, 0.25) is 0 Å². The molecule has 0 saturated carbocycles. The van der Waals surface area contributed by atoms with E-state index < -0.39 is 6.10 Å². The van der Waals surface area contributed by atoms with E-state index in [1.54, 1.807) is 0 Å². The van der Waals surface area contributed by atoms with Gasteiger partial charge in [0.1, 0.15) is 0 Å². The van der Waals surface area contributed by atoms with Crippen LogP contribution >= 0.6 is 0 Å². The Morgan fingerprint density at radius 2 is 2.28 bits per heavy atom. The van der Waals surface area contributed by atoms with Crippen molar-refractivity contribution in [2.45, 2.75) is 32.6 Å². The van der Waals surface area contributed by atoms with Crippen LogP contribution in [0.3, 0.4) is 0 Å². The number of hydrogen-bond donors (Lipinski definition) is 2. The highest BCUT2D eigenvalue weighted by atomic mass is 16.5. The number of hydrogen-bond acceptors (Lipinski definition) is 7. The molecule has 0 spiro atoms. The van der Waals surface area contributed by atoms with Crippen LogP contribution in [-0.4, -0.2) is 53.8 Å². The van der Waals surface area contributed by atoms with Gasteiger partial charge >= 0.3 is 0 Å². The van der Waals surface area contributed by atoms with Crippen molar-refractivity contribution in [3.8, 4) is 0 Å². The minimum atomic E-state index is -0.559. The first kappa shape index (κ1) is 15.0. The molecule has 7 nitrogen and oxygen atoms in total. The molecule has 0 amide bonds. The van der Waals surface area contributed by atoms with Crippen LogP contribution in [0, 0.1) is 0 Å². The summed E-state index contributed by atoms with van der Waals surface area (Å²) < 4.78 is 15.2. The lowest BCUT2D eigenvalue weighted by Crippen LogP contribution is -2.30. The summed E-state index contributed by atoms with van der Waals surface area (Å²) in [6, 6.07) is 0. The molecule has 1 rings (SSSR count). The fourth-order valence-corrected chi connectivity index (χ4v) is 1.24. The Morgan fingerprint density at radius 1 is 1.44 bits per heavy atom. The van der Waals surface area contributed by atoms with Crippen molar-refractivity contribution in [1.29, 1.82) is 0 Å². The summed E-state index contributed by atoms with van der Waals surface area (Å²) >= 11 is 0. The molecule has 0 aromatic carbocycles. The van der Waals surface area contributed by atoms with E-state index in [0.29, 0.717) is 32.1 Å². The molecule has 0 aliphatic heterocycles. The summed E-state index contributed by atoms with van der Waals surface area (Å²) in [5, 5.41) is 16.2. The number of nitrogens with zero attached hydrogens (tertiary/aromatic N) is 2. The maximum Gasteiger partial charge on any atom is 0.213 e. The highest BCUT2D eigenvalue weighted by molar-refractivity contribution is 4.76. The maximum atomic E-state index is 9.59. The van der Waals surface area contributed by atoms with Gasteiger partial charge in [0, 0.05) is 6.54 Å². The Labute approximate surface area is 106 Å². The van der Waals surface area contributed by atoms with Gasteiger partial charge in [-0.15, -0.1) is 0 Å². The average Bonchev–Trinajstić information content (AvgIpc) is 2.81. The second-order valence-corrected chi connectivity index (χ2v) is 4.13. The van der Waals surface area contributed by atoms with Gasteiger partial charge in [-0.25, -0.2) is 0 Å². The third kappa shape index (κ3) is 7.33. The van der Waals surface area contributed by atoms with Crippen LogP contribution in [-0.2, 0) is 16.0 Å². The van der Waals surface area contributed by atoms with Gasteiger partial charge in [0.05, 0.1) is 38.6 Å². The van der Waals surface area contributed by atoms with Crippen molar-refractivity contribution in [3.63, 3.8) is 0 Å². The van der Waals surface area contributed by atoms with Crippen molar-refractivity contribution in [3.05, 3.63) is 12.2 Å². The van der Waals surface area contributed by atoms with Crippen molar-refractivity contribution in [1.82, 2.24) is 15.5 Å². The Balaban J connectivity index is 1.92. The van der Waals surface area contributed by atoms with E-state index in [1.807, 2.05) is 13.8 Å². The smallest absolute Gasteiger partial charge is 0.213 e. The van der Waals surface area contributed by atoms with E-state index in [1.165, 1.54) is 6.39 Å². The van der Waals surface area contributed by atoms with Gasteiger partial charge in [0.2, 0.25) is 6.39 Å². The zero-order valence-corrected chi connectivity index (χ0v) is 10.8. The SMILES string of the molecule is CC(C)OCCOCC(O)CNCc1ncon1. The summed E-state index contributed by atoms with van der Waals surface area (Å²) in [6.45, 7) is 6.12. The molecule has 0 aliphatic rings. The third-order valence-corrected chi connectivity index (χ3v) is 2.06. The summed E-state index contributed by atoms with van der Waals surface area (Å²) in [6.07, 6.45) is 0.914. The van der Waals surface area contributed by atoms with Crippen molar-refractivity contribution < 1.29 is 19.1 Å². The maximum absolute atomic E-state index is 9.59. The zero-order valence-electron chi connectivity index (χ0n) is 10.8. The monoisotopic (exact) mass is 259 g/mol. The van der Waals surface area contributed by atoms with Crippen LogP contribution in [0.15, 0.2) is 10.9 Å². The predicted octanol–water partition coefficient (Wildman–Crippen LogP) is -0.0383. The van der Waals surface area contributed by atoms with E-state index in [4.69, 9.17) is 9.47 Å². The molecule has 18 heavy (non-hydrogen) atoms. The molecule has 0 saturated heterocycles. The predicted molar refractivity (Wildman–Crippen MR) is 63.9 cm³/mol. The van der Waals surface area contributed by atoms with Crippen molar-refractivity contribution in [2.75, 3.05) is 26.4 Å². The molecule has 1 heterocycles. The van der Waals surface area contributed by atoms with Gasteiger partial charge in [-0.3, -0.25) is 0 Å². The third-order valence-electron chi connectivity index (χ3n) is 2.06. The standard InChI is InChI=1S/C11H21N3O4/c1-9(2)17-4-3-16-7-10(15)5-12-6-11-13-8-18-14-11/h8-10,12,15H,3-7H2,1-2H3. The molecule has 0 fully saturated rings. The topological polar surface area (TPSA) is 89.6 Å². The first-order valence-electron chi connectivity index (χ1n) is 6.02. The van der Waals surface area contributed by atoms with Crippen LogP contribution in [0.4, 0.5) is 0 Å². The van der Waals surface area contributed by atoms with Gasteiger partial charge in [0.15, 0.2) is 5.82 Å². The first-order chi connectivity index (χ1) is 8.68. The largest absolute Gasteiger partial charge is 0.389 e. The second kappa shape index (κ2) is 8.98. The molecule has 0 bridgehead atoms. The molecule has 1 unspecified atom stereocenters. The summed E-state index contributed by atoms with van der Waals surface area (Å²) in [5.74, 6) is 0.563. The minimum Gasteiger partial charge on any atom is -0.389 e. The number of rotatable bonds is 10. The lowest BCUT2D eigenvalue weighted by molar-refractivity contribution is -0.0100. The van der Waals surface area contributed by atoms with E-state index in [9.17, 15) is 5.11 Å². The van der Waals surface area contributed by atoms with Crippen LogP contribution < -0.4 is 5.32 Å². The number of aliphatic hydroxyl groups excluding tert-OH is 1. The van der Waals surface area contributed by atoms with Crippen molar-refractivity contribution in [2.24, 2.45) is 0 Å². The van der Waals surface area contributed by atoms with Crippen molar-refractivity contribution >= 4 is 0 Å². The number of aliphatic hydroxyl groups is 1. The highest BCUT2D eigenvalue weighted by Gasteiger charge is 2.05. The molecule has 0 aliphatic carbocycles. The van der Waals surface area contributed by atoms with Crippen LogP contribution in [0.5, 0.6) is 0 Å². The fraction of sp³-hybridized carbons (Fsp3) is 0.818. The lowest BCUT2D eigenvalue weighted by Gasteiger charge is -2.12. The quantitative estimate of drug-likeness (QED) is 0.570. The molecule has 1 aromatic heterocycles. The Kier molecular flexibility index (Phi) is 7.51. The second-order valence-electron chi connectivity index (χ2n) is 4.13. The normalized spacial score (nSPS) is 13.1. The molecule has 7 heteroatoms. The van der Waals surface area contributed by atoms with E-state index in [0.717, 1.165) is 0 Å². The number of nitrogens with one attached hydrogen (secondary N) is 1. The molecule has 2 N–H and O–H groups in total. The van der Waals surface area contributed by atoms with Gasteiger partial charge in [-0.05, 0) is 13.8 Å². The number of aromatic nitrogens is 2. The highest BCUT2D eigenvalue weighted by Crippen LogP contribution is 1.90. The zero-order chi connectivity index (χ0) is 13.2. The molecule has 1 atom stereocenters. The Hall–Kier alpha value is -1.02. The average molecular weight is 259 g/mol. The van der Waals surface area contributed by atoms with E-state index >= 15 is 0 Å². The molecule has 0 radical (unpaired) electrons. The van der Waals surface area contributed by atoms with Gasteiger partial charge in [-0.2, -0.15) is 4.98 Å². The Morgan fingerprint density at radius 3 is 2.94 bits per heavy atom. The van der Waals surface area contributed by atoms with Crippen LogP contribution in [0.25, 0.3) is 0 Å². The lowest BCUT2D eigenvalue weighted by atomic mass is 10.4. The molecule has 1 aromatic rings. The summed E-state index contributed by atoms with van der Waals surface area (Å²) in [5.41, 5.74) is 0. The van der Waals surface area contributed by atoms with Gasteiger partial charge < -0.3 is 24.4 Å². The Bertz CT molecular complexity index is 292. The number of ether oxygens (including phenoxy) is 2. The van der Waals surface area contributed by atoms with Crippen LogP contribution in [0.1, 0.15) is 19.7 Å². The summed E-state index contributed by atoms with van der Waals surface area (Å²) in [4.78, 5) is 3.85. The summed E-state index contributed by atoms with van der Waals surface area (Å²) in [7, 11) is 0. The molecule has 104 valence electrons. The van der Waals surface area contributed by atoms with E-state index in [-0.39, 0.29) is 12.7 Å². The fourth-order valence-electron chi connectivity index (χ4n) is 1.24. The van der Waals surface area contributed by atoms with E-state index in [2.05, 4.69) is 20.0 Å². The molecular weight excluding hydrogens is 238 g/mol. The molecular formula is C11H21N3O4. The first-order valence-corrected chi connectivity index (χ1v) is 6.02. The van der Waals surface area contributed by atoms with Gasteiger partial charge in [0.25, 0.3) is 0 Å². The minimum absolute atomic E-state index is 0.204. The van der Waals surface area contributed by atoms with Gasteiger partial charge in [-0.1, -0.05) is 5.16 Å².